The Balaban J connectivity index is 1.88. The van der Waals surface area contributed by atoms with Crippen molar-refractivity contribution in [3.05, 3.63) is 79.0 Å². The van der Waals surface area contributed by atoms with E-state index in [1.54, 1.807) is 24.3 Å². The summed E-state index contributed by atoms with van der Waals surface area (Å²) in [4.78, 5) is 17.5. The normalized spacial score (nSPS) is 12.2. The highest BCUT2D eigenvalue weighted by Gasteiger charge is 2.12. The van der Waals surface area contributed by atoms with Gasteiger partial charge in [-0.25, -0.2) is 0 Å². The van der Waals surface area contributed by atoms with Crippen molar-refractivity contribution >= 4 is 45.6 Å². The van der Waals surface area contributed by atoms with Crippen LogP contribution in [0.1, 0.15) is 5.56 Å². The van der Waals surface area contributed by atoms with Gasteiger partial charge in [0.15, 0.2) is 5.82 Å². The summed E-state index contributed by atoms with van der Waals surface area (Å²) in [6, 6.07) is 14.8. The number of halogens is 2. The third kappa shape index (κ3) is 2.60. The molecule has 24 heavy (non-hydrogen) atoms. The number of hydrogen-bond donors (Lipinski definition) is 0. The zero-order valence-corrected chi connectivity index (χ0v) is 14.4. The van der Waals surface area contributed by atoms with Gasteiger partial charge in [0.25, 0.3) is 5.56 Å². The summed E-state index contributed by atoms with van der Waals surface area (Å²) in [5.74, 6) is 0.529. The third-order valence-corrected chi connectivity index (χ3v) is 5.11. The molecule has 7 heteroatoms. The Morgan fingerprint density at radius 3 is 2.38 bits per heavy atom. The number of rotatable bonds is 2. The molecule has 0 saturated heterocycles. The van der Waals surface area contributed by atoms with Crippen molar-refractivity contribution in [3.8, 4) is 11.4 Å². The van der Waals surface area contributed by atoms with Gasteiger partial charge < -0.3 is 0 Å². The van der Waals surface area contributed by atoms with Crippen LogP contribution in [0.2, 0.25) is 10.0 Å². The molecule has 0 fully saturated rings. The van der Waals surface area contributed by atoms with Gasteiger partial charge in [0.05, 0.1) is 4.53 Å². The first-order valence-corrected chi connectivity index (χ1v) is 8.61. The molecule has 0 radical (unpaired) electrons. The average Bonchev–Trinajstić information content (AvgIpc) is 3.12. The molecule has 2 aromatic heterocycles. The second-order valence-corrected chi connectivity index (χ2v) is 6.87. The second-order valence-electron chi connectivity index (χ2n) is 5.05. The highest BCUT2D eigenvalue weighted by molar-refractivity contribution is 7.15. The predicted octanol–water partition coefficient (Wildman–Crippen LogP) is 3.67. The maximum absolute atomic E-state index is 12.6. The number of thiazole rings is 1. The van der Waals surface area contributed by atoms with Gasteiger partial charge in [0, 0.05) is 21.2 Å². The van der Waals surface area contributed by atoms with Crippen LogP contribution in [0.5, 0.6) is 0 Å². The Morgan fingerprint density at radius 2 is 1.71 bits per heavy atom. The fourth-order valence-electron chi connectivity index (χ4n) is 2.32. The molecule has 0 atom stereocenters. The van der Waals surface area contributed by atoms with Crippen molar-refractivity contribution in [2.24, 2.45) is 0 Å². The maximum atomic E-state index is 12.6. The molecule has 0 aliphatic carbocycles. The van der Waals surface area contributed by atoms with Gasteiger partial charge in [-0.15, -0.1) is 5.10 Å². The first-order chi connectivity index (χ1) is 11.6. The number of nitrogens with zero attached hydrogens (tertiary/aromatic N) is 3. The molecule has 0 N–H and O–H groups in total. The molecule has 4 aromatic rings. The van der Waals surface area contributed by atoms with Crippen LogP contribution >= 0.6 is 34.5 Å². The molecule has 118 valence electrons. The van der Waals surface area contributed by atoms with Gasteiger partial charge in [-0.1, -0.05) is 70.9 Å². The highest BCUT2D eigenvalue weighted by atomic mass is 35.5. The minimum absolute atomic E-state index is 0.235. The molecule has 4 rings (SSSR count). The van der Waals surface area contributed by atoms with Gasteiger partial charge in [0.2, 0.25) is 4.96 Å². The first kappa shape index (κ1) is 15.3. The number of aromatic nitrogens is 3. The standard InChI is InChI=1S/C17H9Cl2N3OS/c18-12-7-4-8-13(19)11(12)9-14-16(23)22-17(24-14)20-15(21-22)10-5-2-1-3-6-10/h1-9H. The van der Waals surface area contributed by atoms with Crippen LogP contribution in [0.25, 0.3) is 22.4 Å². The summed E-state index contributed by atoms with van der Waals surface area (Å²) in [5, 5.41) is 5.29. The molecule has 0 saturated carbocycles. The number of fused-ring (bicyclic) bond motifs is 1. The number of hydrogen-bond acceptors (Lipinski definition) is 4. The molecule has 0 aliphatic heterocycles. The minimum Gasteiger partial charge on any atom is -0.266 e. The van der Waals surface area contributed by atoms with E-state index < -0.39 is 0 Å². The molecule has 0 unspecified atom stereocenters. The lowest BCUT2D eigenvalue weighted by molar-refractivity contribution is 0.937. The second kappa shape index (κ2) is 6.02. The van der Waals surface area contributed by atoms with E-state index in [1.165, 1.54) is 15.9 Å². The van der Waals surface area contributed by atoms with E-state index in [9.17, 15) is 4.79 Å². The highest BCUT2D eigenvalue weighted by Crippen LogP contribution is 2.24. The molecule has 0 bridgehead atoms. The molecule has 2 aromatic carbocycles. The van der Waals surface area contributed by atoms with Crippen molar-refractivity contribution < 1.29 is 0 Å². The number of benzene rings is 2. The quantitative estimate of drug-likeness (QED) is 0.538. The van der Waals surface area contributed by atoms with E-state index in [1.807, 2.05) is 30.3 Å². The first-order valence-electron chi connectivity index (χ1n) is 7.04. The Bertz CT molecular complexity index is 1130. The summed E-state index contributed by atoms with van der Waals surface area (Å²) >= 11 is 13.6. The molecule has 2 heterocycles. The van der Waals surface area contributed by atoms with Gasteiger partial charge >= 0.3 is 0 Å². The Hall–Kier alpha value is -2.21. The smallest absolute Gasteiger partial charge is 0.266 e. The van der Waals surface area contributed by atoms with Crippen molar-refractivity contribution in [1.82, 2.24) is 14.6 Å². The summed E-state index contributed by atoms with van der Waals surface area (Å²) in [7, 11) is 0. The van der Waals surface area contributed by atoms with E-state index in [4.69, 9.17) is 23.2 Å². The average molecular weight is 374 g/mol. The van der Waals surface area contributed by atoms with Gasteiger partial charge in [-0.3, -0.25) is 4.79 Å². The summed E-state index contributed by atoms with van der Waals surface area (Å²) < 4.78 is 1.79. The lowest BCUT2D eigenvalue weighted by atomic mass is 10.2. The summed E-state index contributed by atoms with van der Waals surface area (Å²) in [6.07, 6.45) is 1.68. The Morgan fingerprint density at radius 1 is 1.00 bits per heavy atom. The van der Waals surface area contributed by atoms with Crippen LogP contribution in [-0.2, 0) is 0 Å². The van der Waals surface area contributed by atoms with E-state index in [0.29, 0.717) is 30.9 Å². The van der Waals surface area contributed by atoms with Gasteiger partial charge in [0.1, 0.15) is 0 Å². The molecule has 0 spiro atoms. The van der Waals surface area contributed by atoms with Crippen LogP contribution in [0, 0.1) is 0 Å². The minimum atomic E-state index is -0.235. The van der Waals surface area contributed by atoms with Crippen molar-refractivity contribution in [3.63, 3.8) is 0 Å². The Kier molecular flexibility index (Phi) is 3.84. The predicted molar refractivity (Wildman–Crippen MR) is 97.8 cm³/mol. The van der Waals surface area contributed by atoms with Crippen LogP contribution < -0.4 is 10.1 Å². The third-order valence-electron chi connectivity index (χ3n) is 3.49. The zero-order chi connectivity index (χ0) is 16.7. The zero-order valence-electron chi connectivity index (χ0n) is 12.1. The molecule has 0 aliphatic rings. The van der Waals surface area contributed by atoms with Crippen LogP contribution in [0.3, 0.4) is 0 Å². The topological polar surface area (TPSA) is 47.3 Å². The molecular formula is C17H9Cl2N3OS. The molecule has 0 amide bonds. The molecular weight excluding hydrogens is 365 g/mol. The van der Waals surface area contributed by atoms with Crippen molar-refractivity contribution in [2.45, 2.75) is 0 Å². The van der Waals surface area contributed by atoms with Crippen LogP contribution in [-0.4, -0.2) is 14.6 Å². The van der Waals surface area contributed by atoms with Crippen molar-refractivity contribution in [2.75, 3.05) is 0 Å². The lowest BCUT2D eigenvalue weighted by Gasteiger charge is -1.99. The summed E-state index contributed by atoms with van der Waals surface area (Å²) in [6.45, 7) is 0. The van der Waals surface area contributed by atoms with E-state index in [0.717, 1.165) is 5.56 Å². The largest absolute Gasteiger partial charge is 0.291 e. The lowest BCUT2D eigenvalue weighted by Crippen LogP contribution is -2.23. The molecule has 4 nitrogen and oxygen atoms in total. The van der Waals surface area contributed by atoms with Crippen LogP contribution in [0.4, 0.5) is 0 Å². The Labute approximate surface area is 150 Å². The van der Waals surface area contributed by atoms with E-state index >= 15 is 0 Å². The van der Waals surface area contributed by atoms with E-state index in [2.05, 4.69) is 10.1 Å². The fraction of sp³-hybridized carbons (Fsp3) is 0. The maximum Gasteiger partial charge on any atom is 0.291 e. The van der Waals surface area contributed by atoms with E-state index in [-0.39, 0.29) is 5.56 Å². The summed E-state index contributed by atoms with van der Waals surface area (Å²) in [5.41, 5.74) is 1.25. The van der Waals surface area contributed by atoms with Crippen LogP contribution in [0.15, 0.2) is 53.3 Å². The van der Waals surface area contributed by atoms with Gasteiger partial charge in [-0.2, -0.15) is 9.50 Å². The monoisotopic (exact) mass is 373 g/mol. The van der Waals surface area contributed by atoms with Crippen molar-refractivity contribution in [1.29, 1.82) is 0 Å². The van der Waals surface area contributed by atoms with Gasteiger partial charge in [-0.05, 0) is 18.2 Å². The SMILES string of the molecule is O=c1c(=Cc2c(Cl)cccc2Cl)sc2nc(-c3ccccc3)nn12. The fourth-order valence-corrected chi connectivity index (χ4v) is 3.72.